The van der Waals surface area contributed by atoms with E-state index in [0.29, 0.717) is 6.42 Å². The smallest absolute Gasteiger partial charge is 0.219 e. The van der Waals surface area contributed by atoms with Crippen molar-refractivity contribution in [3.8, 4) is 0 Å². The molecule has 1 amide bonds. The molecule has 0 radical (unpaired) electrons. The van der Waals surface area contributed by atoms with Crippen LogP contribution < -0.4 is 10.6 Å². The van der Waals surface area contributed by atoms with Gasteiger partial charge in [0.2, 0.25) is 5.91 Å². The molecule has 0 saturated heterocycles. The van der Waals surface area contributed by atoms with Gasteiger partial charge in [-0.15, -0.1) is 0 Å². The summed E-state index contributed by atoms with van der Waals surface area (Å²) in [6.07, 6.45) is 3.54. The van der Waals surface area contributed by atoms with E-state index in [1.54, 1.807) is 7.05 Å². The molecule has 0 unspecified atom stereocenters. The average molecular weight is 259 g/mol. The molecule has 0 aliphatic rings. The van der Waals surface area contributed by atoms with Gasteiger partial charge in [0.25, 0.3) is 0 Å². The minimum atomic E-state index is 0.104. The number of nitrogens with zero attached hydrogens (tertiary/aromatic N) is 1. The molecule has 0 fully saturated rings. The Kier molecular flexibility index (Phi) is 4.58. The van der Waals surface area contributed by atoms with Crippen molar-refractivity contribution in [1.29, 1.82) is 0 Å². The van der Waals surface area contributed by atoms with Crippen molar-refractivity contribution in [3.05, 3.63) is 36.0 Å². The van der Waals surface area contributed by atoms with Gasteiger partial charge in [0.05, 0.1) is 0 Å². The summed E-state index contributed by atoms with van der Waals surface area (Å²) >= 11 is 0. The maximum Gasteiger partial charge on any atom is 0.219 e. The summed E-state index contributed by atoms with van der Waals surface area (Å²) in [6, 6.07) is 8.52. The van der Waals surface area contributed by atoms with Crippen molar-refractivity contribution >= 4 is 16.8 Å². The van der Waals surface area contributed by atoms with E-state index in [9.17, 15) is 4.79 Å². The maximum absolute atomic E-state index is 11.2. The summed E-state index contributed by atoms with van der Waals surface area (Å²) in [5.41, 5.74) is 2.55. The average Bonchev–Trinajstić information content (AvgIpc) is 2.83. The van der Waals surface area contributed by atoms with Crippen molar-refractivity contribution in [2.75, 3.05) is 14.1 Å². The molecular weight excluding hydrogens is 238 g/mol. The largest absolute Gasteiger partial charge is 0.359 e. The Bertz CT molecular complexity index is 560. The fraction of sp³-hybridized carbons (Fsp3) is 0.400. The van der Waals surface area contributed by atoms with Crippen molar-refractivity contribution in [3.63, 3.8) is 0 Å². The number of amides is 1. The number of hydrogen-bond acceptors (Lipinski definition) is 2. The van der Waals surface area contributed by atoms with Crippen molar-refractivity contribution in [1.82, 2.24) is 15.2 Å². The number of rotatable bonds is 6. The Morgan fingerprint density at radius 2 is 2.11 bits per heavy atom. The maximum atomic E-state index is 11.2. The zero-order valence-corrected chi connectivity index (χ0v) is 11.6. The molecule has 1 heterocycles. The first-order chi connectivity index (χ1) is 9.26. The van der Waals surface area contributed by atoms with E-state index in [-0.39, 0.29) is 5.91 Å². The number of aryl methyl sites for hydroxylation is 1. The lowest BCUT2D eigenvalue weighted by Crippen LogP contribution is -2.17. The summed E-state index contributed by atoms with van der Waals surface area (Å²) in [6.45, 7) is 1.75. The van der Waals surface area contributed by atoms with Crippen LogP contribution in [0.4, 0.5) is 0 Å². The number of carbonyl (C=O) groups excluding carboxylic acids is 1. The summed E-state index contributed by atoms with van der Waals surface area (Å²) in [5, 5.41) is 7.13. The molecule has 0 bridgehead atoms. The van der Waals surface area contributed by atoms with E-state index in [0.717, 1.165) is 19.5 Å². The van der Waals surface area contributed by atoms with Gasteiger partial charge in [0, 0.05) is 43.7 Å². The number of hydrogen-bond donors (Lipinski definition) is 2. The highest BCUT2D eigenvalue weighted by Crippen LogP contribution is 2.20. The van der Waals surface area contributed by atoms with Crippen LogP contribution in [0.3, 0.4) is 0 Å². The van der Waals surface area contributed by atoms with Gasteiger partial charge in [-0.2, -0.15) is 0 Å². The number of carbonyl (C=O) groups is 1. The topological polar surface area (TPSA) is 46.1 Å². The molecule has 19 heavy (non-hydrogen) atoms. The normalized spacial score (nSPS) is 10.8. The summed E-state index contributed by atoms with van der Waals surface area (Å²) in [4.78, 5) is 11.2. The second kappa shape index (κ2) is 6.38. The molecule has 4 nitrogen and oxygen atoms in total. The molecule has 2 N–H and O–H groups in total. The first kappa shape index (κ1) is 13.6. The first-order valence-corrected chi connectivity index (χ1v) is 6.68. The molecule has 102 valence electrons. The number of aromatic nitrogens is 1. The first-order valence-electron chi connectivity index (χ1n) is 6.68. The van der Waals surface area contributed by atoms with E-state index < -0.39 is 0 Å². The van der Waals surface area contributed by atoms with E-state index >= 15 is 0 Å². The summed E-state index contributed by atoms with van der Waals surface area (Å²) in [7, 11) is 3.64. The van der Waals surface area contributed by atoms with Crippen LogP contribution in [0, 0.1) is 0 Å². The fourth-order valence-corrected chi connectivity index (χ4v) is 2.36. The highest BCUT2D eigenvalue weighted by atomic mass is 16.1. The number of fused-ring (bicyclic) bond motifs is 1. The second-order valence-corrected chi connectivity index (χ2v) is 4.67. The standard InChI is InChI=1S/C15H21N3O/c1-16-11-12-5-3-6-14-13(12)8-10-18(14)9-4-7-15(19)17-2/h3,5-6,8,10,16H,4,7,9,11H2,1-2H3,(H,17,19). The van der Waals surface area contributed by atoms with Gasteiger partial charge in [-0.25, -0.2) is 0 Å². The molecule has 0 spiro atoms. The van der Waals surface area contributed by atoms with Crippen LogP contribution in [0.5, 0.6) is 0 Å². The van der Waals surface area contributed by atoms with Gasteiger partial charge in [0.1, 0.15) is 0 Å². The highest BCUT2D eigenvalue weighted by molar-refractivity contribution is 5.83. The Balaban J connectivity index is 2.12. The molecule has 2 aromatic rings. The van der Waals surface area contributed by atoms with Gasteiger partial charge in [0.15, 0.2) is 0 Å². The lowest BCUT2D eigenvalue weighted by molar-refractivity contribution is -0.120. The zero-order valence-electron chi connectivity index (χ0n) is 11.6. The number of benzene rings is 1. The molecule has 0 saturated carbocycles. The lowest BCUT2D eigenvalue weighted by atomic mass is 10.1. The van der Waals surface area contributed by atoms with E-state index in [1.165, 1.54) is 16.5 Å². The molecule has 0 atom stereocenters. The molecule has 2 rings (SSSR count). The van der Waals surface area contributed by atoms with Gasteiger partial charge in [-0.1, -0.05) is 12.1 Å². The van der Waals surface area contributed by atoms with Gasteiger partial charge < -0.3 is 15.2 Å². The minimum Gasteiger partial charge on any atom is -0.359 e. The fourth-order valence-electron chi connectivity index (χ4n) is 2.36. The van der Waals surface area contributed by atoms with Crippen LogP contribution in [-0.4, -0.2) is 24.6 Å². The third-order valence-corrected chi connectivity index (χ3v) is 3.35. The van der Waals surface area contributed by atoms with Gasteiger partial charge in [-0.05, 0) is 31.2 Å². The molecule has 0 aliphatic heterocycles. The van der Waals surface area contributed by atoms with Crippen LogP contribution in [0.1, 0.15) is 18.4 Å². The van der Waals surface area contributed by atoms with Crippen LogP contribution in [0.25, 0.3) is 10.9 Å². The number of nitrogens with one attached hydrogen (secondary N) is 2. The zero-order chi connectivity index (χ0) is 13.7. The molecular formula is C15H21N3O. The molecule has 4 heteroatoms. The third-order valence-electron chi connectivity index (χ3n) is 3.35. The molecule has 1 aromatic heterocycles. The van der Waals surface area contributed by atoms with Crippen molar-refractivity contribution in [2.24, 2.45) is 0 Å². The quantitative estimate of drug-likeness (QED) is 0.832. The monoisotopic (exact) mass is 259 g/mol. The van der Waals surface area contributed by atoms with E-state index in [2.05, 4.69) is 45.7 Å². The van der Waals surface area contributed by atoms with Gasteiger partial charge in [-0.3, -0.25) is 4.79 Å². The third kappa shape index (κ3) is 3.15. The van der Waals surface area contributed by atoms with Crippen molar-refractivity contribution in [2.45, 2.75) is 25.9 Å². The van der Waals surface area contributed by atoms with Crippen LogP contribution in [0.2, 0.25) is 0 Å². The Morgan fingerprint density at radius 3 is 2.84 bits per heavy atom. The Hall–Kier alpha value is -1.81. The van der Waals surface area contributed by atoms with E-state index in [1.807, 2.05) is 7.05 Å². The molecule has 0 aliphatic carbocycles. The predicted molar refractivity (Wildman–Crippen MR) is 78.0 cm³/mol. The van der Waals surface area contributed by atoms with Crippen LogP contribution >= 0.6 is 0 Å². The summed E-state index contributed by atoms with van der Waals surface area (Å²) in [5.74, 6) is 0.104. The van der Waals surface area contributed by atoms with E-state index in [4.69, 9.17) is 0 Å². The molecule has 1 aromatic carbocycles. The highest BCUT2D eigenvalue weighted by Gasteiger charge is 2.05. The van der Waals surface area contributed by atoms with Crippen LogP contribution in [0.15, 0.2) is 30.5 Å². The second-order valence-electron chi connectivity index (χ2n) is 4.67. The van der Waals surface area contributed by atoms with Crippen molar-refractivity contribution < 1.29 is 4.79 Å². The SMILES string of the molecule is CNCc1cccc2c1ccn2CCCC(=O)NC. The lowest BCUT2D eigenvalue weighted by Gasteiger charge is -2.07. The predicted octanol–water partition coefficient (Wildman–Crippen LogP) is 1.89. The Morgan fingerprint density at radius 1 is 1.26 bits per heavy atom. The Labute approximate surface area is 113 Å². The van der Waals surface area contributed by atoms with Crippen LogP contribution in [-0.2, 0) is 17.9 Å². The minimum absolute atomic E-state index is 0.104. The summed E-state index contributed by atoms with van der Waals surface area (Å²) < 4.78 is 2.22. The van der Waals surface area contributed by atoms with Gasteiger partial charge >= 0.3 is 0 Å².